The van der Waals surface area contributed by atoms with Gasteiger partial charge >= 0.3 is 6.03 Å². The van der Waals surface area contributed by atoms with E-state index in [0.717, 1.165) is 5.56 Å². The molecule has 1 fully saturated rings. The monoisotopic (exact) mass is 467 g/mol. The summed E-state index contributed by atoms with van der Waals surface area (Å²) in [4.78, 5) is 14.4. The molecule has 32 heavy (non-hydrogen) atoms. The Balaban J connectivity index is 1.53. The van der Waals surface area contributed by atoms with E-state index in [1.54, 1.807) is 48.2 Å². The van der Waals surface area contributed by atoms with Gasteiger partial charge in [-0.05, 0) is 43.2 Å². The summed E-state index contributed by atoms with van der Waals surface area (Å²) in [6.07, 6.45) is -2.56. The third-order valence-electron chi connectivity index (χ3n) is 5.19. The third-order valence-corrected chi connectivity index (χ3v) is 7.25. The van der Waals surface area contributed by atoms with Crippen LogP contribution in [0.4, 0.5) is 13.6 Å². The minimum atomic E-state index is -3.62. The number of aryl methyl sites for hydroxylation is 2. The number of rotatable bonds is 7. The summed E-state index contributed by atoms with van der Waals surface area (Å²) in [6.45, 7) is 4.16. The summed E-state index contributed by atoms with van der Waals surface area (Å²) in [5, 5.41) is 2.78. The fourth-order valence-electron chi connectivity index (χ4n) is 3.55. The van der Waals surface area contributed by atoms with Gasteiger partial charge < -0.3 is 15.0 Å². The van der Waals surface area contributed by atoms with Gasteiger partial charge in [0.25, 0.3) is 6.43 Å². The van der Waals surface area contributed by atoms with E-state index in [2.05, 4.69) is 5.32 Å². The van der Waals surface area contributed by atoms with Crippen molar-refractivity contribution < 1.29 is 26.7 Å². The van der Waals surface area contributed by atoms with Crippen LogP contribution in [0.2, 0.25) is 0 Å². The first-order valence-electron chi connectivity index (χ1n) is 10.3. The minimum absolute atomic E-state index is 0.200. The molecular weight excluding hydrogens is 440 g/mol. The summed E-state index contributed by atoms with van der Waals surface area (Å²) in [5.74, 6) is 0.308. The van der Waals surface area contributed by atoms with Crippen molar-refractivity contribution in [3.63, 3.8) is 0 Å². The van der Waals surface area contributed by atoms with E-state index >= 15 is 0 Å². The van der Waals surface area contributed by atoms with Crippen molar-refractivity contribution in [2.75, 3.05) is 32.8 Å². The standard InChI is InChI=1S/C22H27F2N3O4S/c1-16-6-7-20(17(2)12-16)32(29,30)27-10-8-26(9-11-27)22(28)25-14-18-4-3-5-19(13-18)31-15-21(23)24/h3-7,12-13,21H,8-11,14-15H2,1-2H3,(H,25,28). The number of amides is 2. The Labute approximate surface area is 187 Å². The fraction of sp³-hybridized carbons (Fsp3) is 0.409. The minimum Gasteiger partial charge on any atom is -0.488 e. The maximum Gasteiger partial charge on any atom is 0.317 e. The van der Waals surface area contributed by atoms with Crippen LogP contribution in [-0.2, 0) is 16.6 Å². The van der Waals surface area contributed by atoms with Gasteiger partial charge in [-0.1, -0.05) is 29.8 Å². The van der Waals surface area contributed by atoms with Gasteiger partial charge in [0.1, 0.15) is 12.4 Å². The number of ether oxygens (including phenoxy) is 1. The molecule has 0 unspecified atom stereocenters. The normalized spacial score (nSPS) is 15.1. The van der Waals surface area contributed by atoms with Gasteiger partial charge in [-0.15, -0.1) is 0 Å². The molecule has 2 aromatic carbocycles. The molecule has 0 bridgehead atoms. The largest absolute Gasteiger partial charge is 0.488 e. The van der Waals surface area contributed by atoms with Gasteiger partial charge in [-0.25, -0.2) is 22.0 Å². The van der Waals surface area contributed by atoms with Gasteiger partial charge in [-0.2, -0.15) is 4.31 Å². The molecule has 1 heterocycles. The van der Waals surface area contributed by atoms with Crippen LogP contribution >= 0.6 is 0 Å². The molecule has 1 aliphatic heterocycles. The van der Waals surface area contributed by atoms with E-state index < -0.39 is 23.1 Å². The van der Waals surface area contributed by atoms with Crippen LogP contribution in [0.15, 0.2) is 47.4 Å². The topological polar surface area (TPSA) is 79.0 Å². The van der Waals surface area contributed by atoms with Gasteiger partial charge in [0, 0.05) is 32.7 Å². The predicted octanol–water partition coefficient (Wildman–Crippen LogP) is 3.16. The fourth-order valence-corrected chi connectivity index (χ4v) is 5.18. The smallest absolute Gasteiger partial charge is 0.317 e. The number of halogens is 2. The van der Waals surface area contributed by atoms with Crippen LogP contribution < -0.4 is 10.1 Å². The molecule has 174 valence electrons. The van der Waals surface area contributed by atoms with Crippen LogP contribution in [0.3, 0.4) is 0 Å². The molecule has 2 amide bonds. The summed E-state index contributed by atoms with van der Waals surface area (Å²) in [5.41, 5.74) is 2.40. The van der Waals surface area contributed by atoms with Crippen molar-refractivity contribution in [3.8, 4) is 5.75 Å². The number of hydrogen-bond donors (Lipinski definition) is 1. The number of hydrogen-bond acceptors (Lipinski definition) is 4. The lowest BCUT2D eigenvalue weighted by atomic mass is 10.2. The van der Waals surface area contributed by atoms with Crippen molar-refractivity contribution in [2.24, 2.45) is 0 Å². The maximum atomic E-state index is 13.0. The molecule has 1 N–H and O–H groups in total. The second-order valence-corrected chi connectivity index (χ2v) is 9.57. The Kier molecular flexibility index (Phi) is 7.68. The van der Waals surface area contributed by atoms with Crippen LogP contribution in [0.25, 0.3) is 0 Å². The summed E-state index contributed by atoms with van der Waals surface area (Å²) in [6, 6.07) is 11.5. The van der Waals surface area contributed by atoms with E-state index in [0.29, 0.717) is 16.9 Å². The molecule has 0 aliphatic carbocycles. The first kappa shape index (κ1) is 23.9. The molecule has 1 aliphatic rings. The Bertz CT molecular complexity index is 1050. The van der Waals surface area contributed by atoms with Gasteiger partial charge in [0.15, 0.2) is 0 Å². The average molecular weight is 468 g/mol. The Hall–Kier alpha value is -2.72. The number of nitrogens with one attached hydrogen (secondary N) is 1. The number of carbonyl (C=O) groups is 1. The molecule has 2 aromatic rings. The lowest BCUT2D eigenvalue weighted by molar-refractivity contribution is 0.0818. The quantitative estimate of drug-likeness (QED) is 0.679. The number of sulfonamides is 1. The van der Waals surface area contributed by atoms with Crippen molar-refractivity contribution in [3.05, 3.63) is 59.2 Å². The van der Waals surface area contributed by atoms with Gasteiger partial charge in [0.2, 0.25) is 10.0 Å². The number of alkyl halides is 2. The molecule has 1 saturated heterocycles. The van der Waals surface area contributed by atoms with Crippen molar-refractivity contribution in [2.45, 2.75) is 31.7 Å². The highest BCUT2D eigenvalue weighted by Crippen LogP contribution is 2.22. The highest BCUT2D eigenvalue weighted by atomic mass is 32.2. The molecular formula is C22H27F2N3O4S. The van der Waals surface area contributed by atoms with Crippen molar-refractivity contribution >= 4 is 16.1 Å². The zero-order valence-corrected chi connectivity index (χ0v) is 18.9. The Morgan fingerprint density at radius 3 is 2.47 bits per heavy atom. The zero-order valence-electron chi connectivity index (χ0n) is 18.1. The molecule has 0 spiro atoms. The first-order chi connectivity index (χ1) is 15.2. The van der Waals surface area contributed by atoms with E-state index in [1.165, 1.54) is 4.31 Å². The average Bonchev–Trinajstić information content (AvgIpc) is 2.76. The zero-order chi connectivity index (χ0) is 23.3. The molecule has 0 radical (unpaired) electrons. The van der Waals surface area contributed by atoms with E-state index in [-0.39, 0.29) is 43.7 Å². The summed E-state index contributed by atoms with van der Waals surface area (Å²) >= 11 is 0. The highest BCUT2D eigenvalue weighted by molar-refractivity contribution is 7.89. The van der Waals surface area contributed by atoms with Crippen LogP contribution in [0.1, 0.15) is 16.7 Å². The van der Waals surface area contributed by atoms with Gasteiger partial charge in [-0.3, -0.25) is 0 Å². The Morgan fingerprint density at radius 2 is 1.81 bits per heavy atom. The predicted molar refractivity (Wildman–Crippen MR) is 116 cm³/mol. The van der Waals surface area contributed by atoms with E-state index in [4.69, 9.17) is 4.74 Å². The Morgan fingerprint density at radius 1 is 1.09 bits per heavy atom. The summed E-state index contributed by atoms with van der Waals surface area (Å²) in [7, 11) is -3.62. The lowest BCUT2D eigenvalue weighted by Crippen LogP contribution is -2.53. The number of benzene rings is 2. The number of carbonyl (C=O) groups excluding carboxylic acids is 1. The lowest BCUT2D eigenvalue weighted by Gasteiger charge is -2.34. The van der Waals surface area contributed by atoms with E-state index in [1.807, 2.05) is 13.0 Å². The molecule has 0 saturated carbocycles. The second kappa shape index (κ2) is 10.3. The SMILES string of the molecule is Cc1ccc(S(=O)(=O)N2CCN(C(=O)NCc3cccc(OCC(F)F)c3)CC2)c(C)c1. The van der Waals surface area contributed by atoms with Crippen LogP contribution in [0, 0.1) is 13.8 Å². The molecule has 0 atom stereocenters. The molecule has 3 rings (SSSR count). The van der Waals surface area contributed by atoms with E-state index in [9.17, 15) is 22.0 Å². The van der Waals surface area contributed by atoms with Crippen molar-refractivity contribution in [1.82, 2.24) is 14.5 Å². The highest BCUT2D eigenvalue weighted by Gasteiger charge is 2.31. The maximum absolute atomic E-state index is 13.0. The van der Waals surface area contributed by atoms with Crippen LogP contribution in [0.5, 0.6) is 5.75 Å². The van der Waals surface area contributed by atoms with Crippen molar-refractivity contribution in [1.29, 1.82) is 0 Å². The molecule has 0 aromatic heterocycles. The number of piperazine rings is 1. The second-order valence-electron chi connectivity index (χ2n) is 7.67. The number of urea groups is 1. The third kappa shape index (κ3) is 5.95. The first-order valence-corrected chi connectivity index (χ1v) is 11.7. The molecule has 7 nitrogen and oxygen atoms in total. The molecule has 10 heteroatoms. The van der Waals surface area contributed by atoms with Crippen LogP contribution in [-0.4, -0.2) is 62.9 Å². The van der Waals surface area contributed by atoms with Gasteiger partial charge in [0.05, 0.1) is 4.90 Å². The number of nitrogens with zero attached hydrogens (tertiary/aromatic N) is 2. The summed E-state index contributed by atoms with van der Waals surface area (Å²) < 4.78 is 56.9.